The minimum absolute atomic E-state index is 0.200. The van der Waals surface area contributed by atoms with Gasteiger partial charge in [-0.15, -0.1) is 0 Å². The van der Waals surface area contributed by atoms with E-state index in [1.807, 2.05) is 43.9 Å². The maximum Gasteiger partial charge on any atom is 0.314 e. The summed E-state index contributed by atoms with van der Waals surface area (Å²) < 4.78 is 0. The van der Waals surface area contributed by atoms with E-state index in [1.54, 1.807) is 6.20 Å². The Morgan fingerprint density at radius 1 is 1.30 bits per heavy atom. The molecule has 1 fully saturated rings. The van der Waals surface area contributed by atoms with Gasteiger partial charge in [-0.3, -0.25) is 9.78 Å². The second kappa shape index (κ2) is 7.60. The molecule has 7 heteroatoms. The van der Waals surface area contributed by atoms with Crippen LogP contribution >= 0.6 is 0 Å². The van der Waals surface area contributed by atoms with Crippen LogP contribution < -0.4 is 4.90 Å². The van der Waals surface area contributed by atoms with Crippen molar-refractivity contribution in [2.45, 2.75) is 46.1 Å². The molecule has 0 aliphatic carbocycles. The van der Waals surface area contributed by atoms with Crippen LogP contribution in [-0.4, -0.2) is 50.3 Å². The minimum atomic E-state index is -1.19. The standard InChI is InChI=1S/C20H26N4O3/c1-4-9-20(18(26)27)12-24(11-8-17(20)25)19-21-10-7-16(23-19)15-6-5-13(2)22-14(15)3/h5-7,10,17,25H,4,8-9,11-12H2,1-3H3,(H,26,27)/t17-,20-/m1/s1. The van der Waals surface area contributed by atoms with Crippen LogP contribution in [0.15, 0.2) is 24.4 Å². The van der Waals surface area contributed by atoms with Crippen LogP contribution in [0.3, 0.4) is 0 Å². The fraction of sp³-hybridized carbons (Fsp3) is 0.500. The SMILES string of the molecule is CCC[C@@]1(C(=O)O)CN(c2nccc(-c3ccc(C)nc3C)n2)CC[C@H]1O. The van der Waals surface area contributed by atoms with E-state index in [0.717, 1.165) is 22.6 Å². The van der Waals surface area contributed by atoms with Crippen molar-refractivity contribution in [3.8, 4) is 11.3 Å². The summed E-state index contributed by atoms with van der Waals surface area (Å²) in [4.78, 5) is 27.4. The molecular formula is C20H26N4O3. The molecule has 7 nitrogen and oxygen atoms in total. The van der Waals surface area contributed by atoms with Crippen LogP contribution in [0.5, 0.6) is 0 Å². The maximum absolute atomic E-state index is 12.0. The lowest BCUT2D eigenvalue weighted by Gasteiger charge is -2.43. The third-order valence-electron chi connectivity index (χ3n) is 5.33. The number of hydrogen-bond donors (Lipinski definition) is 2. The highest BCUT2D eigenvalue weighted by Crippen LogP contribution is 2.37. The number of aryl methyl sites for hydroxylation is 2. The highest BCUT2D eigenvalue weighted by Gasteiger charge is 2.49. The molecule has 2 aromatic heterocycles. The number of aromatic nitrogens is 3. The summed E-state index contributed by atoms with van der Waals surface area (Å²) in [5.74, 6) is -0.475. The summed E-state index contributed by atoms with van der Waals surface area (Å²) in [5, 5.41) is 20.2. The van der Waals surface area contributed by atoms with Gasteiger partial charge in [0.2, 0.25) is 5.95 Å². The van der Waals surface area contributed by atoms with E-state index in [9.17, 15) is 15.0 Å². The Morgan fingerprint density at radius 3 is 2.74 bits per heavy atom. The Kier molecular flexibility index (Phi) is 5.41. The number of carboxylic acids is 1. The van der Waals surface area contributed by atoms with Gasteiger partial charge in [-0.2, -0.15) is 0 Å². The first-order valence-corrected chi connectivity index (χ1v) is 9.31. The number of carboxylic acid groups (broad SMARTS) is 1. The van der Waals surface area contributed by atoms with Gasteiger partial charge in [-0.1, -0.05) is 13.3 Å². The summed E-state index contributed by atoms with van der Waals surface area (Å²) in [5.41, 5.74) is 2.33. The zero-order valence-corrected chi connectivity index (χ0v) is 16.0. The number of piperidine rings is 1. The lowest BCUT2D eigenvalue weighted by molar-refractivity contribution is -0.158. The van der Waals surface area contributed by atoms with Crippen LogP contribution in [0.1, 0.15) is 37.6 Å². The predicted octanol–water partition coefficient (Wildman–Crippen LogP) is 2.60. The van der Waals surface area contributed by atoms with Crippen molar-refractivity contribution in [3.63, 3.8) is 0 Å². The third-order valence-corrected chi connectivity index (χ3v) is 5.33. The van der Waals surface area contributed by atoms with Gasteiger partial charge in [-0.25, -0.2) is 9.97 Å². The largest absolute Gasteiger partial charge is 0.481 e. The van der Waals surface area contributed by atoms with E-state index >= 15 is 0 Å². The highest BCUT2D eigenvalue weighted by atomic mass is 16.4. The van der Waals surface area contributed by atoms with E-state index in [1.165, 1.54) is 0 Å². The second-order valence-corrected chi connectivity index (χ2v) is 7.26. The molecule has 2 aromatic rings. The fourth-order valence-corrected chi connectivity index (χ4v) is 3.87. The highest BCUT2D eigenvalue weighted by molar-refractivity contribution is 5.77. The number of aliphatic hydroxyl groups excluding tert-OH is 1. The molecule has 0 bridgehead atoms. The molecule has 2 atom stereocenters. The van der Waals surface area contributed by atoms with Gasteiger partial charge in [-0.05, 0) is 44.9 Å². The summed E-state index contributed by atoms with van der Waals surface area (Å²) >= 11 is 0. The topological polar surface area (TPSA) is 99.4 Å². The first-order chi connectivity index (χ1) is 12.9. The number of rotatable bonds is 5. The number of pyridine rings is 1. The molecule has 3 heterocycles. The van der Waals surface area contributed by atoms with Gasteiger partial charge in [0.1, 0.15) is 5.41 Å². The summed E-state index contributed by atoms with van der Waals surface area (Å²) in [6, 6.07) is 5.76. The van der Waals surface area contributed by atoms with Crippen molar-refractivity contribution in [1.29, 1.82) is 0 Å². The zero-order chi connectivity index (χ0) is 19.6. The molecule has 2 N–H and O–H groups in total. The first-order valence-electron chi connectivity index (χ1n) is 9.31. The number of carbonyl (C=O) groups is 1. The molecule has 1 aliphatic heterocycles. The van der Waals surface area contributed by atoms with E-state index < -0.39 is 17.5 Å². The lowest BCUT2D eigenvalue weighted by atomic mass is 9.74. The molecule has 1 aliphatic rings. The van der Waals surface area contributed by atoms with Gasteiger partial charge < -0.3 is 15.1 Å². The average Bonchev–Trinajstić information content (AvgIpc) is 2.63. The summed E-state index contributed by atoms with van der Waals surface area (Å²) in [7, 11) is 0. The summed E-state index contributed by atoms with van der Waals surface area (Å²) in [6.07, 6.45) is 2.31. The quantitative estimate of drug-likeness (QED) is 0.834. The van der Waals surface area contributed by atoms with Crippen LogP contribution in [-0.2, 0) is 4.79 Å². The van der Waals surface area contributed by atoms with E-state index in [-0.39, 0.29) is 6.54 Å². The van der Waals surface area contributed by atoms with Crippen LogP contribution in [0.25, 0.3) is 11.3 Å². The molecule has 0 saturated carbocycles. The van der Waals surface area contributed by atoms with Gasteiger partial charge in [0, 0.05) is 36.2 Å². The van der Waals surface area contributed by atoms with Crippen LogP contribution in [0, 0.1) is 19.3 Å². The molecule has 0 amide bonds. The Morgan fingerprint density at radius 2 is 2.07 bits per heavy atom. The minimum Gasteiger partial charge on any atom is -0.481 e. The maximum atomic E-state index is 12.0. The van der Waals surface area contributed by atoms with Crippen molar-refractivity contribution in [2.75, 3.05) is 18.0 Å². The number of anilines is 1. The zero-order valence-electron chi connectivity index (χ0n) is 16.0. The van der Waals surface area contributed by atoms with Gasteiger partial charge >= 0.3 is 5.97 Å². The van der Waals surface area contributed by atoms with Crippen molar-refractivity contribution >= 4 is 11.9 Å². The van der Waals surface area contributed by atoms with Crippen molar-refractivity contribution in [1.82, 2.24) is 15.0 Å². The first kappa shape index (κ1) is 19.2. The fourth-order valence-electron chi connectivity index (χ4n) is 3.87. The Balaban J connectivity index is 1.94. The summed E-state index contributed by atoms with van der Waals surface area (Å²) in [6.45, 7) is 6.54. The molecule has 144 valence electrons. The Bertz CT molecular complexity index is 842. The average molecular weight is 370 g/mol. The van der Waals surface area contributed by atoms with Gasteiger partial charge in [0.15, 0.2) is 0 Å². The third kappa shape index (κ3) is 3.64. The van der Waals surface area contributed by atoms with Gasteiger partial charge in [0.25, 0.3) is 0 Å². The smallest absolute Gasteiger partial charge is 0.314 e. The molecule has 0 unspecified atom stereocenters. The van der Waals surface area contributed by atoms with Crippen molar-refractivity contribution in [2.24, 2.45) is 5.41 Å². The second-order valence-electron chi connectivity index (χ2n) is 7.26. The van der Waals surface area contributed by atoms with E-state index in [2.05, 4.69) is 15.0 Å². The molecule has 0 aromatic carbocycles. The molecule has 0 spiro atoms. The monoisotopic (exact) mass is 370 g/mol. The van der Waals surface area contributed by atoms with E-state index in [4.69, 9.17) is 0 Å². The molecule has 27 heavy (non-hydrogen) atoms. The molecule has 0 radical (unpaired) electrons. The van der Waals surface area contributed by atoms with Gasteiger partial charge in [0.05, 0.1) is 11.8 Å². The normalized spacial score (nSPS) is 22.7. The Hall–Kier alpha value is -2.54. The number of aliphatic hydroxyl groups is 1. The van der Waals surface area contributed by atoms with Crippen molar-refractivity contribution < 1.29 is 15.0 Å². The molecular weight excluding hydrogens is 344 g/mol. The molecule has 3 rings (SSSR count). The number of hydrogen-bond acceptors (Lipinski definition) is 6. The molecule has 1 saturated heterocycles. The predicted molar refractivity (Wildman–Crippen MR) is 103 cm³/mol. The van der Waals surface area contributed by atoms with Crippen LogP contribution in [0.2, 0.25) is 0 Å². The number of aliphatic carboxylic acids is 1. The van der Waals surface area contributed by atoms with Crippen LogP contribution in [0.4, 0.5) is 5.95 Å². The van der Waals surface area contributed by atoms with E-state index in [0.29, 0.717) is 31.8 Å². The lowest BCUT2D eigenvalue weighted by Crippen LogP contribution is -2.56. The Labute approximate surface area is 159 Å². The number of nitrogens with zero attached hydrogens (tertiary/aromatic N) is 4. The van der Waals surface area contributed by atoms with Crippen molar-refractivity contribution in [3.05, 3.63) is 35.8 Å².